The van der Waals surface area contributed by atoms with Crippen LogP contribution in [-0.2, 0) is 0 Å². The third-order valence-electron chi connectivity index (χ3n) is 10.6. The molecule has 0 amide bonds. The van der Waals surface area contributed by atoms with Crippen LogP contribution in [0.25, 0.3) is 97.4 Å². The van der Waals surface area contributed by atoms with E-state index in [1.807, 2.05) is 17.4 Å². The summed E-state index contributed by atoms with van der Waals surface area (Å²) in [6.07, 6.45) is 6.87. The molecule has 0 spiro atoms. The van der Waals surface area contributed by atoms with Crippen molar-refractivity contribution in [2.75, 3.05) is 0 Å². The van der Waals surface area contributed by atoms with E-state index in [0.29, 0.717) is 6.42 Å². The summed E-state index contributed by atoms with van der Waals surface area (Å²) in [5.74, 6) is 6.42. The molecule has 0 radical (unpaired) electrons. The zero-order valence-electron chi connectivity index (χ0n) is 28.2. The molecular weight excluding hydrogens is 649 g/mol. The Kier molecular flexibility index (Phi) is 6.43. The molecule has 0 unspecified atom stereocenters. The van der Waals surface area contributed by atoms with E-state index < -0.39 is 0 Å². The molecule has 0 saturated carbocycles. The smallest absolute Gasteiger partial charge is 0.0619 e. The lowest BCUT2D eigenvalue weighted by atomic mass is 9.99. The molecular formula is C49H30N2S. The average Bonchev–Trinajstić information content (AvgIpc) is 3.77. The maximum Gasteiger partial charge on any atom is 0.0619 e. The van der Waals surface area contributed by atoms with Gasteiger partial charge in [-0.25, -0.2) is 0 Å². The van der Waals surface area contributed by atoms with E-state index in [4.69, 9.17) is 0 Å². The van der Waals surface area contributed by atoms with E-state index in [1.54, 1.807) is 0 Å². The van der Waals surface area contributed by atoms with E-state index in [1.165, 1.54) is 91.7 Å². The van der Waals surface area contributed by atoms with Crippen LogP contribution in [0.3, 0.4) is 0 Å². The molecule has 1 aliphatic carbocycles. The predicted octanol–water partition coefficient (Wildman–Crippen LogP) is 13.4. The summed E-state index contributed by atoms with van der Waals surface area (Å²) < 4.78 is 7.50. The third-order valence-corrected chi connectivity index (χ3v) is 11.9. The van der Waals surface area contributed by atoms with Crippen LogP contribution < -0.4 is 0 Å². The fourth-order valence-electron chi connectivity index (χ4n) is 8.35. The van der Waals surface area contributed by atoms with Crippen molar-refractivity contribution >= 4 is 80.8 Å². The van der Waals surface area contributed by atoms with Gasteiger partial charge < -0.3 is 9.13 Å². The van der Waals surface area contributed by atoms with Crippen molar-refractivity contribution in [3.8, 4) is 39.8 Å². The summed E-state index contributed by atoms with van der Waals surface area (Å²) in [5.41, 5.74) is 12.1. The summed E-state index contributed by atoms with van der Waals surface area (Å²) in [6, 6.07) is 55.9. The van der Waals surface area contributed by atoms with E-state index in [-0.39, 0.29) is 0 Å². The summed E-state index contributed by atoms with van der Waals surface area (Å²) in [6.45, 7) is 0. The minimum atomic E-state index is 0.716. The first-order chi connectivity index (χ1) is 25.8. The quantitative estimate of drug-likeness (QED) is 0.164. The zero-order valence-corrected chi connectivity index (χ0v) is 29.0. The van der Waals surface area contributed by atoms with Gasteiger partial charge in [-0.1, -0.05) is 127 Å². The Labute approximate surface area is 304 Å². The van der Waals surface area contributed by atoms with Crippen LogP contribution in [0.2, 0.25) is 0 Å². The van der Waals surface area contributed by atoms with Gasteiger partial charge in [0.15, 0.2) is 0 Å². The van der Waals surface area contributed by atoms with Crippen molar-refractivity contribution in [1.29, 1.82) is 0 Å². The fraction of sp³-hybridized carbons (Fsp3) is 0.0204. The summed E-state index contributed by atoms with van der Waals surface area (Å²) >= 11 is 1.89. The highest BCUT2D eigenvalue weighted by molar-refractivity contribution is 7.26. The van der Waals surface area contributed by atoms with Gasteiger partial charge in [-0.05, 0) is 65.7 Å². The van der Waals surface area contributed by atoms with Crippen LogP contribution >= 0.6 is 11.3 Å². The van der Waals surface area contributed by atoms with Gasteiger partial charge in [0.2, 0.25) is 0 Å². The first kappa shape index (κ1) is 29.2. The molecule has 11 rings (SSSR count). The van der Waals surface area contributed by atoms with E-state index in [2.05, 4.69) is 185 Å². The third kappa shape index (κ3) is 4.32. The minimum absolute atomic E-state index is 0.716. The van der Waals surface area contributed by atoms with Gasteiger partial charge in [-0.2, -0.15) is 0 Å². The van der Waals surface area contributed by atoms with Crippen molar-refractivity contribution in [3.05, 3.63) is 170 Å². The Morgan fingerprint density at radius 1 is 0.500 bits per heavy atom. The molecule has 7 aromatic carbocycles. The summed E-state index contributed by atoms with van der Waals surface area (Å²) in [5, 5.41) is 7.68. The molecule has 10 aromatic rings. The largest absolute Gasteiger partial charge is 0.312 e. The number of allylic oxidation sites excluding steroid dienone is 4. The van der Waals surface area contributed by atoms with Gasteiger partial charge in [0.05, 0.1) is 28.5 Å². The molecule has 0 bridgehead atoms. The van der Waals surface area contributed by atoms with Crippen LogP contribution in [0.5, 0.6) is 0 Å². The second-order valence-electron chi connectivity index (χ2n) is 13.5. The first-order valence-electron chi connectivity index (χ1n) is 17.7. The molecule has 3 aromatic heterocycles. The Bertz CT molecular complexity index is 3200. The highest BCUT2D eigenvalue weighted by Crippen LogP contribution is 2.44. The second kappa shape index (κ2) is 11.5. The van der Waals surface area contributed by atoms with Gasteiger partial charge in [-0.15, -0.1) is 11.3 Å². The van der Waals surface area contributed by atoms with E-state index in [9.17, 15) is 0 Å². The molecule has 242 valence electrons. The maximum absolute atomic E-state index is 3.29. The number of hydrogen-bond donors (Lipinski definition) is 0. The average molecular weight is 679 g/mol. The molecule has 52 heavy (non-hydrogen) atoms. The lowest BCUT2D eigenvalue weighted by Gasteiger charge is -2.13. The molecule has 2 nitrogen and oxygen atoms in total. The second-order valence-corrected chi connectivity index (χ2v) is 14.5. The van der Waals surface area contributed by atoms with Gasteiger partial charge in [0, 0.05) is 64.2 Å². The Morgan fingerprint density at radius 2 is 1.15 bits per heavy atom. The number of benzene rings is 7. The maximum atomic E-state index is 3.29. The van der Waals surface area contributed by atoms with Gasteiger partial charge >= 0.3 is 0 Å². The highest BCUT2D eigenvalue weighted by atomic mass is 32.1. The molecule has 0 fully saturated rings. The molecule has 3 heteroatoms. The molecule has 3 heterocycles. The normalized spacial score (nSPS) is 13.0. The first-order valence-corrected chi connectivity index (χ1v) is 18.5. The van der Waals surface area contributed by atoms with Crippen LogP contribution in [-0.4, -0.2) is 9.13 Å². The lowest BCUT2D eigenvalue weighted by Crippen LogP contribution is -1.96. The van der Waals surface area contributed by atoms with Crippen LogP contribution in [0.4, 0.5) is 0 Å². The number of aromatic nitrogens is 2. The zero-order chi connectivity index (χ0) is 34.2. The number of rotatable bonds is 4. The monoisotopic (exact) mass is 678 g/mol. The number of thiophene rings is 1. The Balaban J connectivity index is 1.08. The van der Waals surface area contributed by atoms with Crippen molar-refractivity contribution in [3.63, 3.8) is 0 Å². The SMILES string of the molecule is C1#CCC(n2c3ccccc3c3cc(-c4ccc(-n5c6ccccc6c6cccc(-c7cccc8c7sc7ccccc78)c65)cc4)ccc32)=CC=C1. The van der Waals surface area contributed by atoms with Crippen LogP contribution in [0, 0.1) is 11.8 Å². The van der Waals surface area contributed by atoms with Gasteiger partial charge in [0.25, 0.3) is 0 Å². The molecule has 0 N–H and O–H groups in total. The minimum Gasteiger partial charge on any atom is -0.312 e. The summed E-state index contributed by atoms with van der Waals surface area (Å²) in [7, 11) is 0. The van der Waals surface area contributed by atoms with Gasteiger partial charge in [0.1, 0.15) is 0 Å². The van der Waals surface area contributed by atoms with Crippen molar-refractivity contribution in [2.45, 2.75) is 6.42 Å². The standard InChI is InChI=1S/C49H30N2S/c1-2-4-14-34(13-3-1)50-44-22-8-6-16-37(44)43-31-33(27-30-46(43)50)32-25-28-35(29-26-32)51-45-23-9-5-15-36(45)39-18-11-19-40(48(39)51)42-21-12-20-41-38-17-7-10-24-47(38)52-49(41)42/h1,3,5-13,15-31H,14H2. The lowest BCUT2D eigenvalue weighted by molar-refractivity contribution is 1.16. The Hall–Kier alpha value is -6.60. The van der Waals surface area contributed by atoms with Gasteiger partial charge in [-0.3, -0.25) is 0 Å². The van der Waals surface area contributed by atoms with Crippen molar-refractivity contribution < 1.29 is 0 Å². The molecule has 0 aliphatic heterocycles. The number of fused-ring (bicyclic) bond motifs is 9. The number of para-hydroxylation sites is 3. The van der Waals surface area contributed by atoms with Crippen molar-refractivity contribution in [1.82, 2.24) is 9.13 Å². The number of nitrogens with zero attached hydrogens (tertiary/aromatic N) is 2. The predicted molar refractivity (Wildman–Crippen MR) is 223 cm³/mol. The van der Waals surface area contributed by atoms with Crippen molar-refractivity contribution in [2.24, 2.45) is 0 Å². The highest BCUT2D eigenvalue weighted by Gasteiger charge is 2.19. The van der Waals surface area contributed by atoms with E-state index >= 15 is 0 Å². The van der Waals surface area contributed by atoms with E-state index in [0.717, 1.165) is 5.69 Å². The van der Waals surface area contributed by atoms with Crippen LogP contribution in [0.1, 0.15) is 6.42 Å². The number of hydrogen-bond acceptors (Lipinski definition) is 1. The molecule has 0 atom stereocenters. The Morgan fingerprint density at radius 3 is 2.00 bits per heavy atom. The molecule has 0 saturated heterocycles. The summed E-state index contributed by atoms with van der Waals surface area (Å²) in [4.78, 5) is 0. The van der Waals surface area contributed by atoms with Crippen LogP contribution in [0.15, 0.2) is 170 Å². The molecule has 1 aliphatic rings. The topological polar surface area (TPSA) is 9.86 Å². The fourth-order valence-corrected chi connectivity index (χ4v) is 9.58.